The number of nitrogens with zero attached hydrogens (tertiary/aromatic N) is 1. The molecule has 0 radical (unpaired) electrons. The average molecular weight is 392 g/mol. The molecule has 0 aliphatic carbocycles. The predicted octanol–water partition coefficient (Wildman–Crippen LogP) is 4.74. The number of benzene rings is 2. The number of anilines is 1. The molecule has 3 rings (SSSR count). The number of aromatic nitrogens is 1. The number of carbonyl (C=O) groups is 1. The second kappa shape index (κ2) is 7.10. The molecule has 1 N–H and O–H groups in total. The van der Waals surface area contributed by atoms with E-state index in [1.807, 2.05) is 13.0 Å². The van der Waals surface area contributed by atoms with Crippen LogP contribution < -0.4 is 10.7 Å². The molecule has 146 valence electrons. The normalized spacial score (nSPS) is 11.6. The monoisotopic (exact) mass is 392 g/mol. The third-order valence-corrected chi connectivity index (χ3v) is 4.35. The summed E-state index contributed by atoms with van der Waals surface area (Å²) in [5, 5.41) is 2.59. The lowest BCUT2D eigenvalue weighted by Crippen LogP contribution is -2.24. The summed E-state index contributed by atoms with van der Waals surface area (Å²) >= 11 is 0. The SMILES string of the molecule is CCn1cc(C(=O)Nc2ccc(F)c(C(F)(F)F)c2)c(=O)c2cc(C)ccc21. The fourth-order valence-electron chi connectivity index (χ4n) is 2.95. The molecule has 0 atom stereocenters. The van der Waals surface area contributed by atoms with E-state index in [0.717, 1.165) is 11.6 Å². The quantitative estimate of drug-likeness (QED) is 0.655. The first kappa shape index (κ1) is 19.6. The van der Waals surface area contributed by atoms with E-state index in [4.69, 9.17) is 0 Å². The van der Waals surface area contributed by atoms with Gasteiger partial charge in [-0.25, -0.2) is 4.39 Å². The van der Waals surface area contributed by atoms with Crippen molar-refractivity contribution in [3.63, 3.8) is 0 Å². The number of fused-ring (bicyclic) bond motifs is 1. The molecule has 8 heteroatoms. The van der Waals surface area contributed by atoms with Gasteiger partial charge >= 0.3 is 6.18 Å². The van der Waals surface area contributed by atoms with Crippen LogP contribution in [0.2, 0.25) is 0 Å². The zero-order valence-corrected chi connectivity index (χ0v) is 15.0. The first-order chi connectivity index (χ1) is 13.1. The molecule has 2 aromatic carbocycles. The Morgan fingerprint density at radius 1 is 1.14 bits per heavy atom. The number of aryl methyl sites for hydroxylation is 2. The van der Waals surface area contributed by atoms with Crippen LogP contribution >= 0.6 is 0 Å². The van der Waals surface area contributed by atoms with Crippen LogP contribution in [0.5, 0.6) is 0 Å². The third-order valence-electron chi connectivity index (χ3n) is 4.35. The minimum absolute atomic E-state index is 0.210. The molecule has 1 heterocycles. The Hall–Kier alpha value is -3.16. The Kier molecular flexibility index (Phi) is 4.97. The van der Waals surface area contributed by atoms with E-state index in [9.17, 15) is 27.2 Å². The second-order valence-corrected chi connectivity index (χ2v) is 6.33. The van der Waals surface area contributed by atoms with E-state index >= 15 is 0 Å². The van der Waals surface area contributed by atoms with Crippen molar-refractivity contribution in [1.29, 1.82) is 0 Å². The van der Waals surface area contributed by atoms with Crippen molar-refractivity contribution in [2.45, 2.75) is 26.6 Å². The molecular weight excluding hydrogens is 376 g/mol. The van der Waals surface area contributed by atoms with Gasteiger partial charge in [-0.3, -0.25) is 9.59 Å². The van der Waals surface area contributed by atoms with Crippen LogP contribution in [0.1, 0.15) is 28.4 Å². The maximum Gasteiger partial charge on any atom is 0.419 e. The summed E-state index contributed by atoms with van der Waals surface area (Å²) in [5.74, 6) is -2.31. The van der Waals surface area contributed by atoms with Crippen LogP contribution in [0.3, 0.4) is 0 Å². The summed E-state index contributed by atoms with van der Waals surface area (Å²) in [4.78, 5) is 25.3. The summed E-state index contributed by atoms with van der Waals surface area (Å²) in [5.41, 5.74) is -1.01. The van der Waals surface area contributed by atoms with Crippen LogP contribution in [-0.4, -0.2) is 10.5 Å². The first-order valence-electron chi connectivity index (χ1n) is 8.43. The van der Waals surface area contributed by atoms with Crippen molar-refractivity contribution in [3.05, 3.63) is 75.3 Å². The van der Waals surface area contributed by atoms with Gasteiger partial charge in [-0.2, -0.15) is 13.2 Å². The van der Waals surface area contributed by atoms with Crippen molar-refractivity contribution in [2.75, 3.05) is 5.32 Å². The smallest absolute Gasteiger partial charge is 0.347 e. The highest BCUT2D eigenvalue weighted by molar-refractivity contribution is 6.05. The highest BCUT2D eigenvalue weighted by atomic mass is 19.4. The fraction of sp³-hybridized carbons (Fsp3) is 0.200. The van der Waals surface area contributed by atoms with Crippen molar-refractivity contribution in [1.82, 2.24) is 4.57 Å². The number of pyridine rings is 1. The van der Waals surface area contributed by atoms with Gasteiger partial charge in [0.2, 0.25) is 5.43 Å². The van der Waals surface area contributed by atoms with Gasteiger partial charge in [0.05, 0.1) is 11.1 Å². The summed E-state index contributed by atoms with van der Waals surface area (Å²) in [6, 6.07) is 7.38. The van der Waals surface area contributed by atoms with E-state index in [-0.39, 0.29) is 11.3 Å². The predicted molar refractivity (Wildman–Crippen MR) is 98.0 cm³/mol. The summed E-state index contributed by atoms with van der Waals surface area (Å²) in [6.45, 7) is 4.12. The molecule has 0 aliphatic rings. The van der Waals surface area contributed by atoms with Gasteiger partial charge in [0.1, 0.15) is 11.4 Å². The maximum absolute atomic E-state index is 13.4. The highest BCUT2D eigenvalue weighted by Crippen LogP contribution is 2.33. The molecule has 0 spiro atoms. The molecule has 4 nitrogen and oxygen atoms in total. The number of amides is 1. The number of rotatable bonds is 3. The average Bonchev–Trinajstić information content (AvgIpc) is 2.63. The molecule has 0 saturated carbocycles. The first-order valence-corrected chi connectivity index (χ1v) is 8.43. The summed E-state index contributed by atoms with van der Waals surface area (Å²) in [7, 11) is 0. The van der Waals surface area contributed by atoms with Crippen molar-refractivity contribution in [3.8, 4) is 0 Å². The van der Waals surface area contributed by atoms with Crippen LogP contribution in [0.15, 0.2) is 47.4 Å². The van der Waals surface area contributed by atoms with E-state index < -0.39 is 28.9 Å². The van der Waals surface area contributed by atoms with E-state index in [2.05, 4.69) is 5.32 Å². The highest BCUT2D eigenvalue weighted by Gasteiger charge is 2.34. The lowest BCUT2D eigenvalue weighted by atomic mass is 10.1. The maximum atomic E-state index is 13.4. The van der Waals surface area contributed by atoms with Gasteiger partial charge in [-0.15, -0.1) is 0 Å². The number of nitrogens with one attached hydrogen (secondary N) is 1. The number of alkyl halides is 3. The standard InChI is InChI=1S/C20H16F4N2O2/c1-3-26-10-14(18(27)13-8-11(2)4-7-17(13)26)19(28)25-12-5-6-16(21)15(9-12)20(22,23)24/h4-10H,3H2,1-2H3,(H,25,28). The molecule has 0 unspecified atom stereocenters. The van der Waals surface area contributed by atoms with Gasteiger partial charge in [-0.1, -0.05) is 11.6 Å². The molecule has 0 aliphatic heterocycles. The Morgan fingerprint density at radius 3 is 2.50 bits per heavy atom. The Bertz CT molecular complexity index is 1130. The Balaban J connectivity index is 2.05. The van der Waals surface area contributed by atoms with E-state index in [1.165, 1.54) is 6.20 Å². The minimum atomic E-state index is -4.90. The largest absolute Gasteiger partial charge is 0.419 e. The molecule has 0 fully saturated rings. The second-order valence-electron chi connectivity index (χ2n) is 6.33. The van der Waals surface area contributed by atoms with E-state index in [1.54, 1.807) is 23.6 Å². The van der Waals surface area contributed by atoms with Gasteiger partial charge in [0.15, 0.2) is 0 Å². The number of carbonyl (C=O) groups excluding carboxylic acids is 1. The van der Waals surface area contributed by atoms with Crippen LogP contribution in [0.4, 0.5) is 23.2 Å². The van der Waals surface area contributed by atoms with Crippen LogP contribution in [-0.2, 0) is 12.7 Å². The van der Waals surface area contributed by atoms with Crippen LogP contribution in [0, 0.1) is 12.7 Å². The van der Waals surface area contributed by atoms with Crippen molar-refractivity contribution in [2.24, 2.45) is 0 Å². The molecule has 0 saturated heterocycles. The minimum Gasteiger partial charge on any atom is -0.347 e. The number of hydrogen-bond acceptors (Lipinski definition) is 2. The van der Waals surface area contributed by atoms with Crippen LogP contribution in [0.25, 0.3) is 10.9 Å². The summed E-state index contributed by atoms with van der Waals surface area (Å²) in [6.07, 6.45) is -3.54. The molecular formula is C20H16F4N2O2. The number of hydrogen-bond donors (Lipinski definition) is 1. The fourth-order valence-corrected chi connectivity index (χ4v) is 2.95. The number of halogens is 4. The molecule has 3 aromatic rings. The van der Waals surface area contributed by atoms with Gasteiger partial charge in [-0.05, 0) is 44.2 Å². The molecule has 1 aromatic heterocycles. The Labute approximate surface area is 157 Å². The zero-order valence-electron chi connectivity index (χ0n) is 15.0. The molecule has 1 amide bonds. The van der Waals surface area contributed by atoms with Crippen molar-refractivity contribution < 1.29 is 22.4 Å². The van der Waals surface area contributed by atoms with Crippen molar-refractivity contribution >= 4 is 22.5 Å². The van der Waals surface area contributed by atoms with Gasteiger partial charge < -0.3 is 9.88 Å². The van der Waals surface area contributed by atoms with Gasteiger partial charge in [0.25, 0.3) is 5.91 Å². The lowest BCUT2D eigenvalue weighted by molar-refractivity contribution is -0.139. The van der Waals surface area contributed by atoms with E-state index in [0.29, 0.717) is 29.6 Å². The molecule has 28 heavy (non-hydrogen) atoms. The lowest BCUT2D eigenvalue weighted by Gasteiger charge is -2.13. The topological polar surface area (TPSA) is 51.1 Å². The molecule has 0 bridgehead atoms. The van der Waals surface area contributed by atoms with Gasteiger partial charge in [0, 0.05) is 23.8 Å². The zero-order chi connectivity index (χ0) is 20.6. The Morgan fingerprint density at radius 2 is 1.86 bits per heavy atom. The summed E-state index contributed by atoms with van der Waals surface area (Å²) < 4.78 is 53.7. The third kappa shape index (κ3) is 3.62.